The van der Waals surface area contributed by atoms with E-state index in [1.54, 1.807) is 4.90 Å². The highest BCUT2D eigenvalue weighted by Crippen LogP contribution is 2.19. The summed E-state index contributed by atoms with van der Waals surface area (Å²) in [4.78, 5) is 24.3. The third kappa shape index (κ3) is 5.85. The van der Waals surface area contributed by atoms with Crippen molar-refractivity contribution < 1.29 is 14.7 Å². The highest BCUT2D eigenvalue weighted by molar-refractivity contribution is 5.92. The molecular formula is C16H24N2O3. The van der Waals surface area contributed by atoms with Crippen LogP contribution >= 0.6 is 0 Å². The van der Waals surface area contributed by atoms with Crippen LogP contribution in [-0.2, 0) is 4.79 Å². The molecule has 1 aromatic rings. The fourth-order valence-electron chi connectivity index (χ4n) is 2.16. The molecule has 0 saturated heterocycles. The first-order chi connectivity index (χ1) is 10.1. The van der Waals surface area contributed by atoms with E-state index in [4.69, 9.17) is 5.11 Å². The SMILES string of the molecule is CCN(C(=O)NCCCCCC(=O)O)c1ccccc1C. The molecule has 0 aromatic heterocycles. The van der Waals surface area contributed by atoms with Crippen molar-refractivity contribution in [2.45, 2.75) is 39.5 Å². The molecule has 2 N–H and O–H groups in total. The van der Waals surface area contributed by atoms with E-state index in [0.29, 0.717) is 19.5 Å². The molecule has 0 saturated carbocycles. The van der Waals surface area contributed by atoms with Crippen molar-refractivity contribution in [1.82, 2.24) is 5.32 Å². The third-order valence-electron chi connectivity index (χ3n) is 3.31. The van der Waals surface area contributed by atoms with Crippen LogP contribution in [0, 0.1) is 6.92 Å². The van der Waals surface area contributed by atoms with Gasteiger partial charge in [0.25, 0.3) is 0 Å². The average Bonchev–Trinajstić information content (AvgIpc) is 2.45. The lowest BCUT2D eigenvalue weighted by Crippen LogP contribution is -2.40. The molecule has 116 valence electrons. The number of urea groups is 1. The monoisotopic (exact) mass is 292 g/mol. The maximum atomic E-state index is 12.2. The third-order valence-corrected chi connectivity index (χ3v) is 3.31. The van der Waals surface area contributed by atoms with Gasteiger partial charge < -0.3 is 10.4 Å². The lowest BCUT2D eigenvalue weighted by Gasteiger charge is -2.23. The molecule has 0 aliphatic carbocycles. The molecule has 0 aliphatic rings. The summed E-state index contributed by atoms with van der Waals surface area (Å²) in [6, 6.07) is 7.68. The van der Waals surface area contributed by atoms with Gasteiger partial charge >= 0.3 is 12.0 Å². The van der Waals surface area contributed by atoms with E-state index >= 15 is 0 Å². The van der Waals surface area contributed by atoms with E-state index in [0.717, 1.165) is 24.1 Å². The molecule has 5 nitrogen and oxygen atoms in total. The Hall–Kier alpha value is -2.04. The Bertz CT molecular complexity index is 474. The number of benzene rings is 1. The highest BCUT2D eigenvalue weighted by atomic mass is 16.4. The molecule has 0 fully saturated rings. The minimum Gasteiger partial charge on any atom is -0.481 e. The molecule has 0 radical (unpaired) electrons. The molecule has 0 heterocycles. The molecule has 2 amide bonds. The van der Waals surface area contributed by atoms with Crippen molar-refractivity contribution in [2.24, 2.45) is 0 Å². The summed E-state index contributed by atoms with van der Waals surface area (Å²) in [6.45, 7) is 5.10. The first-order valence-electron chi connectivity index (χ1n) is 7.39. The van der Waals surface area contributed by atoms with Crippen LogP contribution in [0.4, 0.5) is 10.5 Å². The average molecular weight is 292 g/mol. The summed E-state index contributed by atoms with van der Waals surface area (Å²) in [6.07, 6.45) is 2.45. The number of amides is 2. The zero-order valence-corrected chi connectivity index (χ0v) is 12.8. The molecule has 0 bridgehead atoms. The van der Waals surface area contributed by atoms with Gasteiger partial charge in [0.1, 0.15) is 0 Å². The van der Waals surface area contributed by atoms with E-state index < -0.39 is 5.97 Å². The second-order valence-electron chi connectivity index (χ2n) is 4.97. The molecule has 1 rings (SSSR count). The van der Waals surface area contributed by atoms with Gasteiger partial charge in [-0.1, -0.05) is 24.6 Å². The molecule has 0 unspecified atom stereocenters. The van der Waals surface area contributed by atoms with Gasteiger partial charge in [-0.2, -0.15) is 0 Å². The number of nitrogens with one attached hydrogen (secondary N) is 1. The number of anilines is 1. The number of carboxylic acid groups (broad SMARTS) is 1. The van der Waals surface area contributed by atoms with Gasteiger partial charge in [-0.3, -0.25) is 9.69 Å². The smallest absolute Gasteiger partial charge is 0.321 e. The molecular weight excluding hydrogens is 268 g/mol. The van der Waals surface area contributed by atoms with Crippen molar-refractivity contribution in [3.8, 4) is 0 Å². The first kappa shape index (κ1) is 17.0. The number of hydrogen-bond donors (Lipinski definition) is 2. The van der Waals surface area contributed by atoms with Gasteiger partial charge in [0.15, 0.2) is 0 Å². The summed E-state index contributed by atoms with van der Waals surface area (Å²) in [5, 5.41) is 11.4. The predicted molar refractivity (Wildman–Crippen MR) is 83.7 cm³/mol. The summed E-state index contributed by atoms with van der Waals surface area (Å²) in [5.74, 6) is -0.768. The fraction of sp³-hybridized carbons (Fsp3) is 0.500. The normalized spacial score (nSPS) is 10.2. The van der Waals surface area contributed by atoms with E-state index in [2.05, 4.69) is 5.32 Å². The number of nitrogens with zero attached hydrogens (tertiary/aromatic N) is 1. The molecule has 1 aromatic carbocycles. The largest absolute Gasteiger partial charge is 0.481 e. The number of para-hydroxylation sites is 1. The van der Waals surface area contributed by atoms with Crippen LogP contribution in [0.5, 0.6) is 0 Å². The van der Waals surface area contributed by atoms with Crippen molar-refractivity contribution in [3.63, 3.8) is 0 Å². The Labute approximate surface area is 126 Å². The molecule has 5 heteroatoms. The Kier molecular flexibility index (Phi) is 7.29. The zero-order valence-electron chi connectivity index (χ0n) is 12.8. The summed E-state index contributed by atoms with van der Waals surface area (Å²) in [5.41, 5.74) is 1.99. The molecule has 0 aliphatic heterocycles. The van der Waals surface area contributed by atoms with E-state index in [1.165, 1.54) is 0 Å². The minimum atomic E-state index is -0.768. The summed E-state index contributed by atoms with van der Waals surface area (Å²) >= 11 is 0. The maximum absolute atomic E-state index is 12.2. The van der Waals surface area contributed by atoms with Gasteiger partial charge in [-0.25, -0.2) is 4.79 Å². The van der Waals surface area contributed by atoms with Gasteiger partial charge in [0.05, 0.1) is 0 Å². The highest BCUT2D eigenvalue weighted by Gasteiger charge is 2.14. The number of hydrogen-bond acceptors (Lipinski definition) is 2. The second-order valence-corrected chi connectivity index (χ2v) is 4.97. The number of rotatable bonds is 8. The van der Waals surface area contributed by atoms with Crippen LogP contribution in [0.15, 0.2) is 24.3 Å². The predicted octanol–water partition coefficient (Wildman–Crippen LogP) is 3.18. The van der Waals surface area contributed by atoms with Crippen molar-refractivity contribution >= 4 is 17.7 Å². The van der Waals surface area contributed by atoms with E-state index in [1.807, 2.05) is 38.1 Å². The van der Waals surface area contributed by atoms with Gasteiger partial charge in [-0.05, 0) is 38.3 Å². The number of carbonyl (C=O) groups excluding carboxylic acids is 1. The fourth-order valence-corrected chi connectivity index (χ4v) is 2.16. The summed E-state index contributed by atoms with van der Waals surface area (Å²) in [7, 11) is 0. The van der Waals surface area contributed by atoms with E-state index in [-0.39, 0.29) is 12.5 Å². The Balaban J connectivity index is 2.39. The van der Waals surface area contributed by atoms with E-state index in [9.17, 15) is 9.59 Å². The van der Waals surface area contributed by atoms with Crippen LogP contribution in [0.1, 0.15) is 38.2 Å². The molecule has 0 spiro atoms. The Morgan fingerprint density at radius 1 is 1.19 bits per heavy atom. The van der Waals surface area contributed by atoms with Crippen molar-refractivity contribution in [1.29, 1.82) is 0 Å². The van der Waals surface area contributed by atoms with Crippen LogP contribution in [-0.4, -0.2) is 30.2 Å². The Morgan fingerprint density at radius 2 is 1.90 bits per heavy atom. The summed E-state index contributed by atoms with van der Waals surface area (Å²) < 4.78 is 0. The van der Waals surface area contributed by atoms with Crippen molar-refractivity contribution in [3.05, 3.63) is 29.8 Å². The van der Waals surface area contributed by atoms with Crippen LogP contribution < -0.4 is 10.2 Å². The standard InChI is InChI=1S/C16H24N2O3/c1-3-18(14-10-7-6-9-13(14)2)16(21)17-12-8-4-5-11-15(19)20/h6-7,9-10H,3-5,8,11-12H2,1-2H3,(H,17,21)(H,19,20). The van der Waals surface area contributed by atoms with Crippen LogP contribution in [0.25, 0.3) is 0 Å². The van der Waals surface area contributed by atoms with Crippen molar-refractivity contribution in [2.75, 3.05) is 18.0 Å². The topological polar surface area (TPSA) is 69.6 Å². The second kappa shape index (κ2) is 9.00. The molecule has 0 atom stereocenters. The number of aryl methyl sites for hydroxylation is 1. The van der Waals surface area contributed by atoms with Gasteiger partial charge in [-0.15, -0.1) is 0 Å². The lowest BCUT2D eigenvalue weighted by molar-refractivity contribution is -0.137. The maximum Gasteiger partial charge on any atom is 0.321 e. The van der Waals surface area contributed by atoms with Crippen LogP contribution in [0.2, 0.25) is 0 Å². The van der Waals surface area contributed by atoms with Gasteiger partial charge in [0.2, 0.25) is 0 Å². The van der Waals surface area contributed by atoms with Gasteiger partial charge in [0, 0.05) is 25.2 Å². The lowest BCUT2D eigenvalue weighted by atomic mass is 10.2. The minimum absolute atomic E-state index is 0.106. The van der Waals surface area contributed by atoms with Crippen LogP contribution in [0.3, 0.4) is 0 Å². The zero-order chi connectivity index (χ0) is 15.7. The number of carbonyl (C=O) groups is 2. The number of unbranched alkanes of at least 4 members (excludes halogenated alkanes) is 2. The first-order valence-corrected chi connectivity index (χ1v) is 7.39. The number of aliphatic carboxylic acids is 1. The molecule has 21 heavy (non-hydrogen) atoms. The quantitative estimate of drug-likeness (QED) is 0.723. The Morgan fingerprint density at radius 3 is 2.52 bits per heavy atom. The number of carboxylic acids is 1.